The van der Waals surface area contributed by atoms with Crippen LogP contribution in [0.2, 0.25) is 0 Å². The summed E-state index contributed by atoms with van der Waals surface area (Å²) in [6, 6.07) is 11.6. The molecule has 0 bridgehead atoms. The Morgan fingerprint density at radius 3 is 2.72 bits per heavy atom. The topological polar surface area (TPSA) is 83.3 Å². The minimum atomic E-state index is -0.555. The number of carbonyl (C=O) groups excluding carboxylic acids is 1. The van der Waals surface area contributed by atoms with E-state index in [0.717, 1.165) is 30.6 Å². The van der Waals surface area contributed by atoms with Gasteiger partial charge in [-0.05, 0) is 81.7 Å². The Kier molecular flexibility index (Phi) is 7.11. The van der Waals surface area contributed by atoms with Crippen LogP contribution in [0, 0.1) is 12.7 Å². The Balaban J connectivity index is 1.32. The first-order valence-electron chi connectivity index (χ1n) is 11.1. The van der Waals surface area contributed by atoms with Crippen LogP contribution in [0.5, 0.6) is 0 Å². The highest BCUT2D eigenvalue weighted by molar-refractivity contribution is 6.04. The third-order valence-electron chi connectivity index (χ3n) is 5.63. The average molecular weight is 438 g/mol. The van der Waals surface area contributed by atoms with Gasteiger partial charge in [0.15, 0.2) is 0 Å². The fraction of sp³-hybridized carbons (Fsp3) is 0.375. The molecule has 1 amide bonds. The highest BCUT2D eigenvalue weighted by Crippen LogP contribution is 2.26. The Morgan fingerprint density at radius 2 is 1.94 bits per heavy atom. The number of hydrogen-bond donors (Lipinski definition) is 2. The van der Waals surface area contributed by atoms with Crippen LogP contribution in [0.3, 0.4) is 0 Å². The smallest absolute Gasteiger partial charge is 0.315 e. The molecule has 1 aliphatic rings. The van der Waals surface area contributed by atoms with E-state index in [1.165, 1.54) is 44.5 Å². The average Bonchev–Trinajstić information content (AvgIpc) is 3.26. The lowest BCUT2D eigenvalue weighted by Crippen LogP contribution is -2.31. The van der Waals surface area contributed by atoms with Crippen LogP contribution >= 0.6 is 0 Å². The first-order valence-corrected chi connectivity index (χ1v) is 11.1. The summed E-state index contributed by atoms with van der Waals surface area (Å²) in [6.07, 6.45) is 4.96. The Hall–Kier alpha value is -3.26. The van der Waals surface area contributed by atoms with E-state index in [4.69, 9.17) is 4.42 Å². The number of carbonyl (C=O) groups is 1. The lowest BCUT2D eigenvalue weighted by Gasteiger charge is -2.26. The second-order valence-corrected chi connectivity index (χ2v) is 8.06. The molecule has 8 heteroatoms. The molecule has 7 nitrogen and oxygen atoms in total. The number of likely N-dealkylation sites (tertiary alicyclic amines) is 1. The number of amides is 1. The van der Waals surface area contributed by atoms with Crippen LogP contribution in [0.1, 0.15) is 41.6 Å². The molecule has 0 atom stereocenters. The van der Waals surface area contributed by atoms with E-state index in [1.54, 1.807) is 30.3 Å². The van der Waals surface area contributed by atoms with Gasteiger partial charge in [-0.3, -0.25) is 4.79 Å². The summed E-state index contributed by atoms with van der Waals surface area (Å²) < 4.78 is 19.6. The maximum absolute atomic E-state index is 13.8. The molecule has 2 N–H and O–H groups in total. The third-order valence-corrected chi connectivity index (χ3v) is 5.63. The minimum Gasteiger partial charge on any atom is -0.403 e. The molecule has 0 aliphatic carbocycles. The molecule has 1 fully saturated rings. The molecule has 0 saturated carbocycles. The molecule has 0 radical (unpaired) electrons. The predicted molar refractivity (Wildman–Crippen MR) is 122 cm³/mol. The van der Waals surface area contributed by atoms with Crippen molar-refractivity contribution in [3.05, 3.63) is 59.4 Å². The zero-order valence-electron chi connectivity index (χ0n) is 18.2. The van der Waals surface area contributed by atoms with Gasteiger partial charge in [-0.2, -0.15) is 0 Å². The molecule has 3 aromatic rings. The van der Waals surface area contributed by atoms with Crippen molar-refractivity contribution < 1.29 is 13.6 Å². The van der Waals surface area contributed by atoms with Crippen LogP contribution < -0.4 is 10.6 Å². The zero-order valence-corrected chi connectivity index (χ0v) is 18.2. The minimum absolute atomic E-state index is 0.00198. The van der Waals surface area contributed by atoms with Crippen LogP contribution in [0.25, 0.3) is 11.5 Å². The van der Waals surface area contributed by atoms with Gasteiger partial charge in [0.1, 0.15) is 5.82 Å². The van der Waals surface area contributed by atoms with Crippen molar-refractivity contribution >= 4 is 17.6 Å². The van der Waals surface area contributed by atoms with Crippen molar-refractivity contribution in [3.8, 4) is 11.5 Å². The predicted octanol–water partition coefficient (Wildman–Crippen LogP) is 4.72. The van der Waals surface area contributed by atoms with E-state index in [0.29, 0.717) is 17.6 Å². The lowest BCUT2D eigenvalue weighted by molar-refractivity contribution is 0.102. The molecular weight excluding hydrogens is 409 g/mol. The third kappa shape index (κ3) is 5.50. The highest BCUT2D eigenvalue weighted by Gasteiger charge is 2.15. The van der Waals surface area contributed by atoms with Crippen molar-refractivity contribution in [2.24, 2.45) is 0 Å². The van der Waals surface area contributed by atoms with E-state index < -0.39 is 11.7 Å². The maximum atomic E-state index is 13.8. The van der Waals surface area contributed by atoms with Crippen molar-refractivity contribution in [2.75, 3.05) is 36.8 Å². The normalized spacial score (nSPS) is 14.3. The van der Waals surface area contributed by atoms with Gasteiger partial charge in [-0.15, -0.1) is 5.10 Å². The molecule has 2 heterocycles. The number of aryl methyl sites for hydroxylation is 1. The van der Waals surface area contributed by atoms with Crippen LogP contribution in [-0.2, 0) is 0 Å². The summed E-state index contributed by atoms with van der Waals surface area (Å²) >= 11 is 0. The fourth-order valence-electron chi connectivity index (χ4n) is 3.91. The van der Waals surface area contributed by atoms with E-state index >= 15 is 0 Å². The number of halogens is 1. The summed E-state index contributed by atoms with van der Waals surface area (Å²) in [4.78, 5) is 14.8. The van der Waals surface area contributed by atoms with E-state index in [1.807, 2.05) is 6.92 Å². The summed E-state index contributed by atoms with van der Waals surface area (Å²) in [7, 11) is 0. The van der Waals surface area contributed by atoms with Gasteiger partial charge in [-0.25, -0.2) is 4.39 Å². The van der Waals surface area contributed by atoms with Crippen LogP contribution in [0.15, 0.2) is 46.9 Å². The number of aromatic nitrogens is 2. The summed E-state index contributed by atoms with van der Waals surface area (Å²) in [5, 5.41) is 14.1. The fourth-order valence-corrected chi connectivity index (χ4v) is 3.91. The SMILES string of the molecule is Cc1cc(NC(=O)c2ccccc2F)ccc1-c1nnc(NCCCN2CCCCC2)o1. The van der Waals surface area contributed by atoms with E-state index in [9.17, 15) is 9.18 Å². The lowest BCUT2D eigenvalue weighted by atomic mass is 10.1. The van der Waals surface area contributed by atoms with Gasteiger partial charge in [-0.1, -0.05) is 23.7 Å². The number of piperidine rings is 1. The second kappa shape index (κ2) is 10.4. The Labute approximate surface area is 187 Å². The molecule has 4 rings (SSSR count). The van der Waals surface area contributed by atoms with Crippen molar-refractivity contribution in [3.63, 3.8) is 0 Å². The largest absolute Gasteiger partial charge is 0.403 e. The van der Waals surface area contributed by atoms with Gasteiger partial charge in [0.2, 0.25) is 5.89 Å². The van der Waals surface area contributed by atoms with Crippen LogP contribution in [-0.4, -0.2) is 47.2 Å². The molecule has 2 aromatic carbocycles. The first kappa shape index (κ1) is 22.0. The Bertz CT molecular complexity index is 1060. The maximum Gasteiger partial charge on any atom is 0.315 e. The molecule has 0 spiro atoms. The quantitative estimate of drug-likeness (QED) is 0.496. The number of hydrogen-bond acceptors (Lipinski definition) is 6. The molecule has 0 unspecified atom stereocenters. The van der Waals surface area contributed by atoms with Gasteiger partial charge in [0.25, 0.3) is 5.91 Å². The molecular formula is C24H28FN5O2. The number of benzene rings is 2. The number of nitrogens with one attached hydrogen (secondary N) is 2. The van der Waals surface area contributed by atoms with Crippen molar-refractivity contribution in [1.29, 1.82) is 0 Å². The van der Waals surface area contributed by atoms with Gasteiger partial charge in [0.05, 0.1) is 5.56 Å². The van der Waals surface area contributed by atoms with Crippen LogP contribution in [0.4, 0.5) is 16.1 Å². The number of rotatable bonds is 8. The number of anilines is 2. The van der Waals surface area contributed by atoms with Gasteiger partial charge >= 0.3 is 6.01 Å². The van der Waals surface area contributed by atoms with E-state index in [-0.39, 0.29) is 5.56 Å². The molecule has 1 aromatic heterocycles. The monoisotopic (exact) mass is 437 g/mol. The van der Waals surface area contributed by atoms with Gasteiger partial charge in [0, 0.05) is 17.8 Å². The highest BCUT2D eigenvalue weighted by atomic mass is 19.1. The number of nitrogens with zero attached hydrogens (tertiary/aromatic N) is 3. The summed E-state index contributed by atoms with van der Waals surface area (Å²) in [5.41, 5.74) is 2.21. The molecule has 32 heavy (non-hydrogen) atoms. The first-order chi connectivity index (χ1) is 15.6. The Morgan fingerprint density at radius 1 is 1.12 bits per heavy atom. The van der Waals surface area contributed by atoms with Crippen molar-refractivity contribution in [1.82, 2.24) is 15.1 Å². The molecule has 168 valence electrons. The summed E-state index contributed by atoms with van der Waals surface area (Å²) in [6.45, 7) is 6.14. The zero-order chi connectivity index (χ0) is 22.3. The second-order valence-electron chi connectivity index (χ2n) is 8.06. The molecule has 1 saturated heterocycles. The van der Waals surface area contributed by atoms with Crippen molar-refractivity contribution in [2.45, 2.75) is 32.6 Å². The van der Waals surface area contributed by atoms with Gasteiger partial charge < -0.3 is 20.0 Å². The van der Waals surface area contributed by atoms with E-state index in [2.05, 4.69) is 25.7 Å². The molecule has 1 aliphatic heterocycles. The standard InChI is InChI=1S/C24H28FN5O2/c1-17-16-18(27-22(31)20-8-3-4-9-21(20)25)10-11-19(17)23-28-29-24(32-23)26-12-7-15-30-13-5-2-6-14-30/h3-4,8-11,16H,2,5-7,12-15H2,1H3,(H,26,29)(H,27,31). The summed E-state index contributed by atoms with van der Waals surface area (Å²) in [5.74, 6) is -0.641.